The number of amides is 2. The summed E-state index contributed by atoms with van der Waals surface area (Å²) in [5.74, 6) is -0.0780. The zero-order valence-electron chi connectivity index (χ0n) is 16.1. The van der Waals surface area contributed by atoms with E-state index in [1.807, 2.05) is 24.3 Å². The number of H-pyrrole nitrogens is 1. The Balaban J connectivity index is 1.29. The van der Waals surface area contributed by atoms with Crippen LogP contribution in [0, 0.1) is 0 Å². The SMILES string of the molecule is O=C(CCc1cn[nH]n1)NC1CCCC(NC(=O)c2ccc3ccncc3c2)C1. The van der Waals surface area contributed by atoms with Crippen LogP contribution in [0.15, 0.2) is 42.9 Å². The van der Waals surface area contributed by atoms with Crippen molar-refractivity contribution < 1.29 is 9.59 Å². The first-order valence-electron chi connectivity index (χ1n) is 9.96. The van der Waals surface area contributed by atoms with Crippen molar-refractivity contribution in [2.75, 3.05) is 0 Å². The van der Waals surface area contributed by atoms with Crippen molar-refractivity contribution in [1.82, 2.24) is 31.0 Å². The Kier molecular flexibility index (Phi) is 5.79. The van der Waals surface area contributed by atoms with E-state index in [1.165, 1.54) is 0 Å². The molecule has 2 unspecified atom stereocenters. The second-order valence-electron chi connectivity index (χ2n) is 7.50. The lowest BCUT2D eigenvalue weighted by Crippen LogP contribution is -2.45. The zero-order valence-corrected chi connectivity index (χ0v) is 16.1. The number of carbonyl (C=O) groups is 2. The second-order valence-corrected chi connectivity index (χ2v) is 7.50. The van der Waals surface area contributed by atoms with Crippen molar-refractivity contribution in [3.05, 3.63) is 54.1 Å². The molecule has 4 rings (SSSR count). The minimum Gasteiger partial charge on any atom is -0.353 e. The number of aromatic amines is 1. The van der Waals surface area contributed by atoms with Gasteiger partial charge in [-0.15, -0.1) is 0 Å². The third-order valence-corrected chi connectivity index (χ3v) is 5.35. The summed E-state index contributed by atoms with van der Waals surface area (Å²) in [7, 11) is 0. The van der Waals surface area contributed by atoms with Crippen LogP contribution in [-0.2, 0) is 11.2 Å². The third kappa shape index (κ3) is 4.96. The van der Waals surface area contributed by atoms with Crippen LogP contribution in [0.3, 0.4) is 0 Å². The molecule has 150 valence electrons. The van der Waals surface area contributed by atoms with Gasteiger partial charge in [0.25, 0.3) is 5.91 Å². The van der Waals surface area contributed by atoms with E-state index < -0.39 is 0 Å². The number of carbonyl (C=O) groups excluding carboxylic acids is 2. The summed E-state index contributed by atoms with van der Waals surface area (Å²) < 4.78 is 0. The molecule has 0 spiro atoms. The lowest BCUT2D eigenvalue weighted by atomic mass is 9.90. The Morgan fingerprint density at radius 1 is 1.07 bits per heavy atom. The molecule has 29 heavy (non-hydrogen) atoms. The molecule has 8 heteroatoms. The van der Waals surface area contributed by atoms with Crippen LogP contribution in [0.5, 0.6) is 0 Å². The lowest BCUT2D eigenvalue weighted by molar-refractivity contribution is -0.122. The number of pyridine rings is 1. The highest BCUT2D eigenvalue weighted by Gasteiger charge is 2.24. The Morgan fingerprint density at radius 2 is 1.93 bits per heavy atom. The average molecular weight is 392 g/mol. The van der Waals surface area contributed by atoms with Gasteiger partial charge >= 0.3 is 0 Å². The van der Waals surface area contributed by atoms with Gasteiger partial charge in [0, 0.05) is 48.3 Å². The fourth-order valence-corrected chi connectivity index (χ4v) is 3.83. The summed E-state index contributed by atoms with van der Waals surface area (Å²) in [6.07, 6.45) is 9.65. The minimum absolute atomic E-state index is 0.00649. The van der Waals surface area contributed by atoms with Crippen LogP contribution in [0.4, 0.5) is 0 Å². The molecule has 2 heterocycles. The number of fused-ring (bicyclic) bond motifs is 1. The zero-order chi connectivity index (χ0) is 20.1. The largest absolute Gasteiger partial charge is 0.353 e. The fraction of sp³-hybridized carbons (Fsp3) is 0.381. The molecular weight excluding hydrogens is 368 g/mol. The van der Waals surface area contributed by atoms with Crippen LogP contribution in [-0.4, -0.2) is 44.3 Å². The van der Waals surface area contributed by atoms with E-state index in [1.54, 1.807) is 18.6 Å². The number of nitrogens with one attached hydrogen (secondary N) is 3. The van der Waals surface area contributed by atoms with Gasteiger partial charge in [-0.3, -0.25) is 14.6 Å². The molecule has 1 aromatic carbocycles. The lowest BCUT2D eigenvalue weighted by Gasteiger charge is -2.30. The van der Waals surface area contributed by atoms with Crippen molar-refractivity contribution in [2.24, 2.45) is 0 Å². The van der Waals surface area contributed by atoms with Crippen LogP contribution in [0.1, 0.15) is 48.2 Å². The maximum absolute atomic E-state index is 12.7. The number of benzene rings is 1. The van der Waals surface area contributed by atoms with Crippen LogP contribution in [0.25, 0.3) is 10.8 Å². The topological polar surface area (TPSA) is 113 Å². The molecule has 0 saturated heterocycles. The van der Waals surface area contributed by atoms with E-state index in [0.29, 0.717) is 18.4 Å². The van der Waals surface area contributed by atoms with Crippen LogP contribution < -0.4 is 10.6 Å². The maximum atomic E-state index is 12.7. The molecule has 2 aromatic heterocycles. The van der Waals surface area contributed by atoms with E-state index in [4.69, 9.17) is 0 Å². The summed E-state index contributed by atoms with van der Waals surface area (Å²) in [5, 5.41) is 18.5. The van der Waals surface area contributed by atoms with Crippen LogP contribution in [0.2, 0.25) is 0 Å². The molecule has 3 aromatic rings. The first-order valence-corrected chi connectivity index (χ1v) is 9.96. The number of hydrogen-bond acceptors (Lipinski definition) is 5. The van der Waals surface area contributed by atoms with E-state index in [9.17, 15) is 9.59 Å². The Labute approximate surface area is 168 Å². The predicted molar refractivity (Wildman–Crippen MR) is 108 cm³/mol. The molecule has 0 bridgehead atoms. The van der Waals surface area contributed by atoms with Gasteiger partial charge in [-0.25, -0.2) is 0 Å². The van der Waals surface area contributed by atoms with Gasteiger partial charge in [0.2, 0.25) is 5.91 Å². The summed E-state index contributed by atoms with van der Waals surface area (Å²) >= 11 is 0. The highest BCUT2D eigenvalue weighted by molar-refractivity contribution is 5.98. The summed E-state index contributed by atoms with van der Waals surface area (Å²) in [6, 6.07) is 7.70. The summed E-state index contributed by atoms with van der Waals surface area (Å²) in [4.78, 5) is 29.0. The molecule has 8 nitrogen and oxygen atoms in total. The van der Waals surface area contributed by atoms with Gasteiger partial charge in [0.1, 0.15) is 0 Å². The van der Waals surface area contributed by atoms with Crippen LogP contribution >= 0.6 is 0 Å². The molecule has 2 atom stereocenters. The molecule has 0 radical (unpaired) electrons. The van der Waals surface area contributed by atoms with E-state index in [-0.39, 0.29) is 23.9 Å². The second kappa shape index (κ2) is 8.81. The first kappa shape index (κ1) is 19.0. The molecule has 3 N–H and O–H groups in total. The molecule has 1 aliphatic carbocycles. The van der Waals surface area contributed by atoms with Crippen molar-refractivity contribution in [1.29, 1.82) is 0 Å². The molecule has 2 amide bonds. The molecular formula is C21H24N6O2. The number of aromatic nitrogens is 4. The van der Waals surface area contributed by atoms with Crippen molar-refractivity contribution in [2.45, 2.75) is 50.6 Å². The molecule has 1 saturated carbocycles. The number of hydrogen-bond donors (Lipinski definition) is 3. The Morgan fingerprint density at radius 3 is 2.76 bits per heavy atom. The van der Waals surface area contributed by atoms with Gasteiger partial charge in [-0.05, 0) is 49.3 Å². The third-order valence-electron chi connectivity index (χ3n) is 5.35. The summed E-state index contributed by atoms with van der Waals surface area (Å²) in [6.45, 7) is 0. The Bertz CT molecular complexity index is 988. The highest BCUT2D eigenvalue weighted by atomic mass is 16.2. The summed E-state index contributed by atoms with van der Waals surface area (Å²) in [5.41, 5.74) is 1.41. The van der Waals surface area contributed by atoms with Gasteiger partial charge in [0.05, 0.1) is 11.9 Å². The average Bonchev–Trinajstić information content (AvgIpc) is 3.26. The van der Waals surface area contributed by atoms with Crippen molar-refractivity contribution in [3.8, 4) is 0 Å². The minimum atomic E-state index is -0.0845. The van der Waals surface area contributed by atoms with Gasteiger partial charge in [0.15, 0.2) is 0 Å². The molecule has 1 fully saturated rings. The fourth-order valence-electron chi connectivity index (χ4n) is 3.83. The van der Waals surface area contributed by atoms with E-state index in [0.717, 1.165) is 42.1 Å². The van der Waals surface area contributed by atoms with Gasteiger partial charge in [-0.1, -0.05) is 6.07 Å². The Hall–Kier alpha value is -3.29. The van der Waals surface area contributed by atoms with E-state index >= 15 is 0 Å². The quantitative estimate of drug-likeness (QED) is 0.595. The smallest absolute Gasteiger partial charge is 0.251 e. The number of rotatable bonds is 6. The number of aryl methyl sites for hydroxylation is 1. The maximum Gasteiger partial charge on any atom is 0.251 e. The van der Waals surface area contributed by atoms with Gasteiger partial charge < -0.3 is 10.6 Å². The van der Waals surface area contributed by atoms with Gasteiger partial charge in [-0.2, -0.15) is 15.4 Å². The normalized spacial score (nSPS) is 19.0. The van der Waals surface area contributed by atoms with E-state index in [2.05, 4.69) is 31.0 Å². The predicted octanol–water partition coefficient (Wildman–Crippen LogP) is 2.14. The monoisotopic (exact) mass is 392 g/mol. The first-order chi connectivity index (χ1) is 14.2. The standard InChI is InChI=1S/C21H24N6O2/c28-20(7-6-19-13-23-27-26-19)24-17-2-1-3-18(11-17)25-21(29)15-5-4-14-8-9-22-12-16(14)10-15/h4-5,8-10,12-13,17-18H,1-3,6-7,11H2,(H,24,28)(H,25,29)(H,23,26,27). The molecule has 1 aliphatic rings. The highest BCUT2D eigenvalue weighted by Crippen LogP contribution is 2.20. The molecule has 0 aliphatic heterocycles. The van der Waals surface area contributed by atoms with Crippen molar-refractivity contribution >= 4 is 22.6 Å². The van der Waals surface area contributed by atoms with Crippen molar-refractivity contribution in [3.63, 3.8) is 0 Å². The number of nitrogens with zero attached hydrogens (tertiary/aromatic N) is 3.